The van der Waals surface area contributed by atoms with E-state index >= 15 is 0 Å². The highest BCUT2D eigenvalue weighted by atomic mass is 16.5. The number of hydrogen-bond donors (Lipinski definition) is 1. The third kappa shape index (κ3) is 6.59. The summed E-state index contributed by atoms with van der Waals surface area (Å²) < 4.78 is 16.7. The van der Waals surface area contributed by atoms with E-state index in [0.717, 1.165) is 28.7 Å². The molecule has 3 aromatic rings. The van der Waals surface area contributed by atoms with Gasteiger partial charge in [0, 0.05) is 0 Å². The highest BCUT2D eigenvalue weighted by Gasteiger charge is 2.03. The van der Waals surface area contributed by atoms with Gasteiger partial charge in [0.15, 0.2) is 0 Å². The van der Waals surface area contributed by atoms with Gasteiger partial charge < -0.3 is 24.4 Å². The lowest BCUT2D eigenvalue weighted by Crippen LogP contribution is -2.11. The molecule has 0 fully saturated rings. The zero-order valence-corrected chi connectivity index (χ0v) is 16.0. The summed E-state index contributed by atoms with van der Waals surface area (Å²) in [6.07, 6.45) is 0.737. The fraction of sp³-hybridized carbons (Fsp3) is 0.167. The molecule has 0 heterocycles. The number of carbonyl (C=O) groups is 1. The number of rotatable bonds is 11. The van der Waals surface area contributed by atoms with Gasteiger partial charge in [-0.3, -0.25) is 0 Å². The molecule has 3 rings (SSSR count). The number of ether oxygens (including phenoxy) is 3. The van der Waals surface area contributed by atoms with Crippen molar-refractivity contribution < 1.29 is 19.0 Å². The maximum atomic E-state index is 10.3. The van der Waals surface area contributed by atoms with Crippen molar-refractivity contribution in [2.75, 3.05) is 13.2 Å². The molecule has 0 aliphatic rings. The molecular formula is C24H23NO4. The standard InChI is InChI=1S/C24H23NO4/c25-24(21-4-2-1-3-5-21)18-29-23-12-8-20(9-13-23)17-28-22-10-6-19(7-11-22)16-27-15-14-26/h1-14,25H,15-18H2. The summed E-state index contributed by atoms with van der Waals surface area (Å²) in [6, 6.07) is 24.8. The Morgan fingerprint density at radius 1 is 0.759 bits per heavy atom. The van der Waals surface area contributed by atoms with Gasteiger partial charge in [-0.25, -0.2) is 0 Å². The van der Waals surface area contributed by atoms with E-state index in [-0.39, 0.29) is 13.2 Å². The quantitative estimate of drug-likeness (QED) is 0.299. The lowest BCUT2D eigenvalue weighted by Gasteiger charge is -2.10. The van der Waals surface area contributed by atoms with E-state index in [1.165, 1.54) is 0 Å². The summed E-state index contributed by atoms with van der Waals surface area (Å²) in [5.41, 5.74) is 3.31. The molecule has 1 N–H and O–H groups in total. The number of aldehydes is 1. The van der Waals surface area contributed by atoms with Crippen LogP contribution in [-0.2, 0) is 22.7 Å². The predicted molar refractivity (Wildman–Crippen MR) is 112 cm³/mol. The molecule has 0 unspecified atom stereocenters. The zero-order chi connectivity index (χ0) is 20.3. The van der Waals surface area contributed by atoms with Crippen molar-refractivity contribution in [1.29, 1.82) is 5.41 Å². The van der Waals surface area contributed by atoms with Crippen molar-refractivity contribution in [3.05, 3.63) is 95.6 Å². The molecule has 0 saturated carbocycles. The minimum Gasteiger partial charge on any atom is -0.489 e. The van der Waals surface area contributed by atoms with Crippen molar-refractivity contribution in [1.82, 2.24) is 0 Å². The smallest absolute Gasteiger partial charge is 0.145 e. The Kier molecular flexibility index (Phi) is 7.55. The Bertz CT molecular complexity index is 906. The Balaban J connectivity index is 1.44. The van der Waals surface area contributed by atoms with Crippen LogP contribution in [0.15, 0.2) is 78.9 Å². The van der Waals surface area contributed by atoms with E-state index < -0.39 is 0 Å². The van der Waals surface area contributed by atoms with Crippen LogP contribution in [0, 0.1) is 5.41 Å². The monoisotopic (exact) mass is 389 g/mol. The van der Waals surface area contributed by atoms with Crippen LogP contribution in [0.4, 0.5) is 0 Å². The average Bonchev–Trinajstić information content (AvgIpc) is 2.78. The third-order valence-electron chi connectivity index (χ3n) is 4.21. The van der Waals surface area contributed by atoms with Gasteiger partial charge in [0.1, 0.15) is 37.6 Å². The van der Waals surface area contributed by atoms with Crippen LogP contribution in [0.2, 0.25) is 0 Å². The first-order chi connectivity index (χ1) is 14.2. The second-order valence-electron chi connectivity index (χ2n) is 6.39. The molecule has 0 aliphatic heterocycles. The molecule has 5 heteroatoms. The summed E-state index contributed by atoms with van der Waals surface area (Å²) >= 11 is 0. The van der Waals surface area contributed by atoms with Gasteiger partial charge in [0.05, 0.1) is 12.3 Å². The van der Waals surface area contributed by atoms with E-state index in [2.05, 4.69) is 0 Å². The molecule has 0 aliphatic carbocycles. The van der Waals surface area contributed by atoms with Crippen LogP contribution < -0.4 is 9.47 Å². The van der Waals surface area contributed by atoms with Gasteiger partial charge in [-0.05, 0) is 41.0 Å². The third-order valence-corrected chi connectivity index (χ3v) is 4.21. The SMILES string of the molecule is N=C(COc1ccc(COc2ccc(COCC=O)cc2)cc1)c1ccccc1. The van der Waals surface area contributed by atoms with Gasteiger partial charge in [0.2, 0.25) is 0 Å². The van der Waals surface area contributed by atoms with Crippen molar-refractivity contribution in [3.8, 4) is 11.5 Å². The molecule has 3 aromatic carbocycles. The zero-order valence-electron chi connectivity index (χ0n) is 16.0. The number of carbonyl (C=O) groups excluding carboxylic acids is 1. The second kappa shape index (κ2) is 10.8. The van der Waals surface area contributed by atoms with E-state index in [0.29, 0.717) is 24.7 Å². The van der Waals surface area contributed by atoms with Crippen molar-refractivity contribution in [3.63, 3.8) is 0 Å². The van der Waals surface area contributed by atoms with Crippen LogP contribution in [-0.4, -0.2) is 25.2 Å². The van der Waals surface area contributed by atoms with Gasteiger partial charge in [-0.1, -0.05) is 54.6 Å². The molecular weight excluding hydrogens is 366 g/mol. The summed E-state index contributed by atoms with van der Waals surface area (Å²) in [5, 5.41) is 8.08. The molecule has 0 bridgehead atoms. The van der Waals surface area contributed by atoms with Crippen LogP contribution in [0.1, 0.15) is 16.7 Å². The molecule has 5 nitrogen and oxygen atoms in total. The van der Waals surface area contributed by atoms with Gasteiger partial charge in [-0.15, -0.1) is 0 Å². The number of benzene rings is 3. The summed E-state index contributed by atoms with van der Waals surface area (Å²) in [6.45, 7) is 1.18. The maximum Gasteiger partial charge on any atom is 0.145 e. The van der Waals surface area contributed by atoms with Gasteiger partial charge in [-0.2, -0.15) is 0 Å². The van der Waals surface area contributed by atoms with Crippen LogP contribution >= 0.6 is 0 Å². The normalized spacial score (nSPS) is 10.3. The minimum atomic E-state index is 0.103. The highest BCUT2D eigenvalue weighted by Crippen LogP contribution is 2.17. The largest absolute Gasteiger partial charge is 0.489 e. The van der Waals surface area contributed by atoms with Gasteiger partial charge in [0.25, 0.3) is 0 Å². The Morgan fingerprint density at radius 3 is 1.97 bits per heavy atom. The van der Waals surface area contributed by atoms with Gasteiger partial charge >= 0.3 is 0 Å². The van der Waals surface area contributed by atoms with Crippen LogP contribution in [0.3, 0.4) is 0 Å². The minimum absolute atomic E-state index is 0.103. The van der Waals surface area contributed by atoms with E-state index in [9.17, 15) is 4.79 Å². The van der Waals surface area contributed by atoms with E-state index in [4.69, 9.17) is 19.6 Å². The fourth-order valence-electron chi connectivity index (χ4n) is 2.63. The molecule has 0 atom stereocenters. The van der Waals surface area contributed by atoms with Crippen LogP contribution in [0.5, 0.6) is 11.5 Å². The second-order valence-corrected chi connectivity index (χ2v) is 6.39. The molecule has 0 radical (unpaired) electrons. The maximum absolute atomic E-state index is 10.3. The first-order valence-electron chi connectivity index (χ1n) is 9.32. The fourth-order valence-corrected chi connectivity index (χ4v) is 2.63. The molecule has 0 spiro atoms. The first kappa shape index (κ1) is 20.3. The van der Waals surface area contributed by atoms with Crippen molar-refractivity contribution in [2.24, 2.45) is 0 Å². The lowest BCUT2D eigenvalue weighted by atomic mass is 10.1. The number of nitrogens with one attached hydrogen (secondary N) is 1. The number of hydrogen-bond acceptors (Lipinski definition) is 5. The molecule has 0 aromatic heterocycles. The van der Waals surface area contributed by atoms with E-state index in [1.807, 2.05) is 78.9 Å². The highest BCUT2D eigenvalue weighted by molar-refractivity contribution is 5.99. The van der Waals surface area contributed by atoms with Crippen LogP contribution in [0.25, 0.3) is 0 Å². The lowest BCUT2D eigenvalue weighted by molar-refractivity contribution is -0.112. The van der Waals surface area contributed by atoms with E-state index in [1.54, 1.807) is 0 Å². The summed E-state index contributed by atoms with van der Waals surface area (Å²) in [7, 11) is 0. The molecule has 0 saturated heterocycles. The Labute approximate surface area is 170 Å². The summed E-state index contributed by atoms with van der Waals surface area (Å²) in [5.74, 6) is 1.48. The molecule has 29 heavy (non-hydrogen) atoms. The average molecular weight is 389 g/mol. The van der Waals surface area contributed by atoms with Crippen molar-refractivity contribution in [2.45, 2.75) is 13.2 Å². The Hall–Kier alpha value is -3.44. The van der Waals surface area contributed by atoms with Crippen molar-refractivity contribution >= 4 is 12.0 Å². The first-order valence-corrected chi connectivity index (χ1v) is 9.32. The Morgan fingerprint density at radius 2 is 1.34 bits per heavy atom. The summed E-state index contributed by atoms with van der Waals surface area (Å²) in [4.78, 5) is 10.3. The topological polar surface area (TPSA) is 68.6 Å². The predicted octanol–water partition coefficient (Wildman–Crippen LogP) is 4.43. The molecule has 0 amide bonds. The molecule has 148 valence electrons.